The molecule has 0 aromatic heterocycles. The first kappa shape index (κ1) is 11.0. The molecule has 1 aliphatic carbocycles. The molecule has 1 fully saturated rings. The van der Waals surface area contributed by atoms with Crippen LogP contribution in [0.15, 0.2) is 0 Å². The minimum absolute atomic E-state index is 0.620. The maximum Gasteiger partial charge on any atom is 0.00552 e. The number of nitrogens with zero attached hydrogens (tertiary/aromatic N) is 1. The monoisotopic (exact) mass is 178 g/mol. The SMILES string of the molecule is CC(C)N(C[C]1[CH][CH][CH][CH]1)C(C)C. The predicted octanol–water partition coefficient (Wildman–Crippen LogP) is 2.51. The second kappa shape index (κ2) is 4.99. The van der Waals surface area contributed by atoms with E-state index in [2.05, 4.69) is 58.3 Å². The summed E-state index contributed by atoms with van der Waals surface area (Å²) in [6.45, 7) is 10.1. The van der Waals surface area contributed by atoms with Crippen molar-refractivity contribution in [1.82, 2.24) is 4.90 Å². The van der Waals surface area contributed by atoms with Gasteiger partial charge in [-0.1, -0.05) is 0 Å². The summed E-state index contributed by atoms with van der Waals surface area (Å²) in [5.74, 6) is 1.42. The maximum absolute atomic E-state index is 2.50. The molecule has 0 spiro atoms. The van der Waals surface area contributed by atoms with E-state index in [0.29, 0.717) is 12.1 Å². The summed E-state index contributed by atoms with van der Waals surface area (Å²) in [5.41, 5.74) is 0. The molecule has 1 saturated carbocycles. The molecule has 0 saturated heterocycles. The van der Waals surface area contributed by atoms with Crippen molar-refractivity contribution in [3.63, 3.8) is 0 Å². The van der Waals surface area contributed by atoms with Crippen molar-refractivity contribution in [1.29, 1.82) is 0 Å². The fraction of sp³-hybridized carbons (Fsp3) is 0.583. The molecule has 0 heterocycles. The first-order valence-corrected chi connectivity index (χ1v) is 5.07. The molecule has 1 heteroatoms. The van der Waals surface area contributed by atoms with Crippen molar-refractivity contribution in [3.8, 4) is 0 Å². The topological polar surface area (TPSA) is 3.24 Å². The summed E-state index contributed by atoms with van der Waals surface area (Å²) >= 11 is 0. The molecule has 0 aromatic rings. The highest BCUT2D eigenvalue weighted by Crippen LogP contribution is 2.25. The van der Waals surface area contributed by atoms with Gasteiger partial charge < -0.3 is 0 Å². The molecule has 73 valence electrons. The van der Waals surface area contributed by atoms with Crippen LogP contribution >= 0.6 is 0 Å². The number of rotatable bonds is 4. The molecule has 0 atom stereocenters. The van der Waals surface area contributed by atoms with Gasteiger partial charge in [-0.2, -0.15) is 0 Å². The molecule has 0 N–H and O–H groups in total. The smallest absolute Gasteiger partial charge is 0.00552 e. The summed E-state index contributed by atoms with van der Waals surface area (Å²) in [6.07, 6.45) is 8.60. The molecule has 5 radical (unpaired) electrons. The Labute approximate surface area is 83.5 Å². The summed E-state index contributed by atoms with van der Waals surface area (Å²) in [5, 5.41) is 0. The van der Waals surface area contributed by atoms with Crippen LogP contribution in [0.1, 0.15) is 27.7 Å². The van der Waals surface area contributed by atoms with Gasteiger partial charge in [0.2, 0.25) is 0 Å². The molecule has 0 aliphatic heterocycles. The normalized spacial score (nSPS) is 19.6. The van der Waals surface area contributed by atoms with Crippen molar-refractivity contribution in [2.45, 2.75) is 39.8 Å². The Morgan fingerprint density at radius 3 is 1.85 bits per heavy atom. The van der Waals surface area contributed by atoms with E-state index in [1.807, 2.05) is 0 Å². The first-order valence-electron chi connectivity index (χ1n) is 5.07. The number of hydrogen-bond acceptors (Lipinski definition) is 1. The lowest BCUT2D eigenvalue weighted by atomic mass is 10.1. The zero-order valence-corrected chi connectivity index (χ0v) is 9.12. The Morgan fingerprint density at radius 1 is 1.00 bits per heavy atom. The summed E-state index contributed by atoms with van der Waals surface area (Å²) in [7, 11) is 0. The minimum Gasteiger partial charge on any atom is -0.298 e. The highest BCUT2D eigenvalue weighted by molar-refractivity contribution is 5.36. The van der Waals surface area contributed by atoms with Crippen LogP contribution in [0.25, 0.3) is 0 Å². The van der Waals surface area contributed by atoms with Gasteiger partial charge in [0.1, 0.15) is 0 Å². The van der Waals surface area contributed by atoms with E-state index in [-0.39, 0.29) is 0 Å². The molecule has 0 amide bonds. The largest absolute Gasteiger partial charge is 0.298 e. The van der Waals surface area contributed by atoms with Gasteiger partial charge in [0.15, 0.2) is 0 Å². The minimum atomic E-state index is 0.620. The van der Waals surface area contributed by atoms with Gasteiger partial charge in [0.05, 0.1) is 0 Å². The molecule has 1 rings (SSSR count). The number of hydrogen-bond donors (Lipinski definition) is 0. The predicted molar refractivity (Wildman–Crippen MR) is 57.4 cm³/mol. The van der Waals surface area contributed by atoms with Crippen LogP contribution in [0.5, 0.6) is 0 Å². The Kier molecular flexibility index (Phi) is 4.24. The lowest BCUT2D eigenvalue weighted by molar-refractivity contribution is 0.186. The third-order valence-corrected chi connectivity index (χ3v) is 2.42. The Balaban J connectivity index is 2.37. The second-order valence-corrected chi connectivity index (χ2v) is 4.15. The maximum atomic E-state index is 2.50. The van der Waals surface area contributed by atoms with Gasteiger partial charge in [-0.15, -0.1) is 0 Å². The van der Waals surface area contributed by atoms with Crippen LogP contribution in [-0.4, -0.2) is 23.5 Å². The average molecular weight is 178 g/mol. The van der Waals surface area contributed by atoms with Crippen LogP contribution in [0.2, 0.25) is 0 Å². The molecule has 13 heavy (non-hydrogen) atoms. The summed E-state index contributed by atoms with van der Waals surface area (Å²) < 4.78 is 0. The van der Waals surface area contributed by atoms with Gasteiger partial charge in [-0.05, 0) is 59.3 Å². The van der Waals surface area contributed by atoms with E-state index >= 15 is 0 Å². The zero-order chi connectivity index (χ0) is 9.84. The lowest BCUT2D eigenvalue weighted by Crippen LogP contribution is -2.39. The Bertz CT molecular complexity index is 126. The summed E-state index contributed by atoms with van der Waals surface area (Å²) in [4.78, 5) is 2.50. The van der Waals surface area contributed by atoms with Gasteiger partial charge in [-0.25, -0.2) is 0 Å². The van der Waals surface area contributed by atoms with E-state index in [4.69, 9.17) is 0 Å². The average Bonchev–Trinajstić information content (AvgIpc) is 2.50. The van der Waals surface area contributed by atoms with E-state index in [0.717, 1.165) is 6.54 Å². The van der Waals surface area contributed by atoms with Crippen LogP contribution < -0.4 is 0 Å². The van der Waals surface area contributed by atoms with Gasteiger partial charge in [-0.3, -0.25) is 4.90 Å². The molecule has 1 nitrogen and oxygen atoms in total. The van der Waals surface area contributed by atoms with E-state index in [1.165, 1.54) is 5.92 Å². The third kappa shape index (κ3) is 3.30. The van der Waals surface area contributed by atoms with Gasteiger partial charge in [0.25, 0.3) is 0 Å². The molecule has 0 unspecified atom stereocenters. The highest BCUT2D eigenvalue weighted by atomic mass is 15.2. The third-order valence-electron chi connectivity index (χ3n) is 2.42. The fourth-order valence-corrected chi connectivity index (χ4v) is 1.69. The van der Waals surface area contributed by atoms with Crippen molar-refractivity contribution in [2.75, 3.05) is 6.54 Å². The fourth-order valence-electron chi connectivity index (χ4n) is 1.69. The lowest BCUT2D eigenvalue weighted by Gasteiger charge is -2.32. The molecular formula is C12H20N. The van der Waals surface area contributed by atoms with Crippen LogP contribution in [-0.2, 0) is 0 Å². The summed E-state index contributed by atoms with van der Waals surface area (Å²) in [6, 6.07) is 1.24. The van der Waals surface area contributed by atoms with Crippen molar-refractivity contribution < 1.29 is 0 Å². The molecule has 1 aliphatic rings. The van der Waals surface area contributed by atoms with Crippen molar-refractivity contribution in [2.24, 2.45) is 0 Å². The van der Waals surface area contributed by atoms with Gasteiger partial charge >= 0.3 is 0 Å². The Hall–Kier alpha value is -0.0400. The molecule has 0 bridgehead atoms. The Morgan fingerprint density at radius 2 is 1.46 bits per heavy atom. The zero-order valence-electron chi connectivity index (χ0n) is 9.12. The highest BCUT2D eigenvalue weighted by Gasteiger charge is 2.22. The second-order valence-electron chi connectivity index (χ2n) is 4.15. The molecular weight excluding hydrogens is 158 g/mol. The van der Waals surface area contributed by atoms with Gasteiger partial charge in [0, 0.05) is 18.6 Å². The van der Waals surface area contributed by atoms with Crippen molar-refractivity contribution >= 4 is 0 Å². The molecule has 0 aromatic carbocycles. The van der Waals surface area contributed by atoms with Crippen LogP contribution in [0, 0.1) is 31.6 Å². The first-order chi connectivity index (χ1) is 6.11. The standard InChI is InChI=1S/C12H20N/c1-10(2)13(11(3)4)9-12-7-5-6-8-12/h5-8,10-11H,9H2,1-4H3. The van der Waals surface area contributed by atoms with Crippen LogP contribution in [0.3, 0.4) is 0 Å². The quantitative estimate of drug-likeness (QED) is 0.639. The van der Waals surface area contributed by atoms with E-state index < -0.39 is 0 Å². The van der Waals surface area contributed by atoms with E-state index in [9.17, 15) is 0 Å². The van der Waals surface area contributed by atoms with E-state index in [1.54, 1.807) is 0 Å². The van der Waals surface area contributed by atoms with Crippen molar-refractivity contribution in [3.05, 3.63) is 31.6 Å². The van der Waals surface area contributed by atoms with Crippen LogP contribution in [0.4, 0.5) is 0 Å².